The SMILES string of the molecule is c1cc(-c2cccc3c2oc2ccccc23)cc(-n2c3cccc4c3c3c5c(cccc5ccc32)-c2ccccc2-4)c1.c1ccc(-c2nc(-c3ccccc3)c3cc(-n4c5cccc6c5c5c7c(cccc7ccc54)-c4ccccc4-6)ccc3n2)cc1.c1ccc2c(c1)-c1cccc3ccc4c(c13)c1c-2cccc1n4-c1nc(-c2ccc3ccccc3c2)c2ccccc2n1. The number of nitrogens with zero attached hydrogens (tertiary/aromatic N) is 7. The molecule has 0 saturated heterocycles. The Balaban J connectivity index is 0.0000000981. The van der Waals surface area contributed by atoms with Crippen LogP contribution in [0.5, 0.6) is 0 Å². The van der Waals surface area contributed by atoms with E-state index in [9.17, 15) is 0 Å². The van der Waals surface area contributed by atoms with Gasteiger partial charge in [0.2, 0.25) is 5.95 Å². The lowest BCUT2D eigenvalue weighted by molar-refractivity contribution is 0.670. The summed E-state index contributed by atoms with van der Waals surface area (Å²) < 4.78 is 13.6. The van der Waals surface area contributed by atoms with Gasteiger partial charge in [0, 0.05) is 87.5 Å². The third kappa shape index (κ3) is 10.6. The fraction of sp³-hybridized carbons (Fsp3) is 0. The van der Waals surface area contributed by atoms with Crippen LogP contribution in [0.15, 0.2) is 435 Å². The standard InChI is InChI=1S/C42H25N3.C40H23N3.C40H23NO/c1-3-11-27(12-4-1)41-34-25-29(22-23-35(34)43-42(44-41)28-13-5-2-6-14-28)45-36-20-10-19-33-31-17-8-7-16-30(31)32-18-9-15-26-21-24-37(45)40(38(26)32)39(33)36;1-2-10-26-23-27(20-19-24(26)9-1)39-32-14-5-6-17-33(32)41-40(42-39)43-34-18-8-16-31-29-13-4-3-12-28(29)30-15-7-11-25-21-22-35(43)38(36(25)30)37(31)34;1-2-13-29-28(12-1)31-16-6-9-24-21-22-35-39(37(24)31)38-32(29)17-8-19-34(38)41(35)26-11-5-10-25(23-26)27-15-7-18-33-30-14-3-4-20-36(30)42-40(27)33/h1-25H;1-23H;1-23H. The van der Waals surface area contributed by atoms with E-state index in [2.05, 4.69) is 408 Å². The summed E-state index contributed by atoms with van der Waals surface area (Å²) in [7, 11) is 0. The van der Waals surface area contributed by atoms with Crippen molar-refractivity contribution in [1.82, 2.24) is 33.6 Å². The van der Waals surface area contributed by atoms with Crippen molar-refractivity contribution in [2.24, 2.45) is 0 Å². The van der Waals surface area contributed by atoms with E-state index in [1.54, 1.807) is 0 Å². The summed E-state index contributed by atoms with van der Waals surface area (Å²) in [4.78, 5) is 20.8. The third-order valence-corrected chi connectivity index (χ3v) is 27.6. The van der Waals surface area contributed by atoms with Gasteiger partial charge in [-0.1, -0.05) is 346 Å². The molecule has 0 aliphatic heterocycles. The van der Waals surface area contributed by atoms with Crippen molar-refractivity contribution in [3.8, 4) is 129 Å². The van der Waals surface area contributed by atoms with Gasteiger partial charge in [0.1, 0.15) is 11.2 Å². The molecule has 3 aliphatic rings. The Hall–Kier alpha value is -17.5. The molecule has 0 bridgehead atoms. The normalized spacial score (nSPS) is 12.2. The Bertz CT molecular complexity index is 9580. The molecule has 30 rings (SSSR count). The molecule has 0 saturated carbocycles. The molecule has 0 N–H and O–H groups in total. The lowest BCUT2D eigenvalue weighted by Crippen LogP contribution is -2.03. The zero-order chi connectivity index (χ0) is 84.9. The predicted molar refractivity (Wildman–Crippen MR) is 541 cm³/mol. The molecule has 600 valence electrons. The van der Waals surface area contributed by atoms with Gasteiger partial charge in [-0.2, -0.15) is 0 Å². The average Bonchev–Trinajstić information content (AvgIpc) is 1.55. The monoisotopic (exact) mass is 1650 g/mol. The molecule has 130 heavy (non-hydrogen) atoms. The van der Waals surface area contributed by atoms with Crippen molar-refractivity contribution >= 4 is 152 Å². The Morgan fingerprint density at radius 1 is 0.185 bits per heavy atom. The first-order chi connectivity index (χ1) is 64.5. The fourth-order valence-electron chi connectivity index (χ4n) is 22.1. The molecule has 0 unspecified atom stereocenters. The zero-order valence-corrected chi connectivity index (χ0v) is 70.0. The Morgan fingerprint density at radius 3 is 1.15 bits per heavy atom. The van der Waals surface area contributed by atoms with E-state index in [0.717, 1.165) is 111 Å². The van der Waals surface area contributed by atoms with Crippen molar-refractivity contribution in [1.29, 1.82) is 0 Å². The van der Waals surface area contributed by atoms with Gasteiger partial charge in [-0.15, -0.1) is 0 Å². The lowest BCUT2D eigenvalue weighted by Gasteiger charge is -2.15. The van der Waals surface area contributed by atoms with E-state index in [4.69, 9.17) is 24.4 Å². The van der Waals surface area contributed by atoms with Crippen molar-refractivity contribution in [2.75, 3.05) is 0 Å². The molecule has 0 fully saturated rings. The summed E-state index contributed by atoms with van der Waals surface area (Å²) in [6, 6.07) is 155. The highest BCUT2D eigenvalue weighted by Gasteiger charge is 2.31. The van der Waals surface area contributed by atoms with Gasteiger partial charge in [-0.3, -0.25) is 4.57 Å². The van der Waals surface area contributed by atoms with Gasteiger partial charge in [-0.25, -0.2) is 19.9 Å². The number of furan rings is 1. The first-order valence-electron chi connectivity index (χ1n) is 44.5. The van der Waals surface area contributed by atoms with E-state index in [1.807, 2.05) is 36.4 Å². The molecular weight excluding hydrogens is 1580 g/mol. The number of hydrogen-bond acceptors (Lipinski definition) is 5. The molecule has 0 atom stereocenters. The minimum Gasteiger partial charge on any atom is -0.455 e. The molecule has 0 radical (unpaired) electrons. The summed E-state index contributed by atoms with van der Waals surface area (Å²) in [6.45, 7) is 0. The van der Waals surface area contributed by atoms with Crippen LogP contribution in [0.1, 0.15) is 0 Å². The van der Waals surface area contributed by atoms with Crippen molar-refractivity contribution in [2.45, 2.75) is 0 Å². The highest BCUT2D eigenvalue weighted by molar-refractivity contribution is 6.34. The van der Waals surface area contributed by atoms with Crippen LogP contribution in [-0.2, 0) is 0 Å². The average molecular weight is 1650 g/mol. The summed E-state index contributed by atoms with van der Waals surface area (Å²) in [6.07, 6.45) is 0. The topological polar surface area (TPSA) is 79.5 Å². The van der Waals surface area contributed by atoms with E-state index in [1.165, 1.54) is 164 Å². The second-order valence-electron chi connectivity index (χ2n) is 34.4. The molecule has 6 heterocycles. The minimum atomic E-state index is 0.685. The van der Waals surface area contributed by atoms with Crippen LogP contribution in [0.4, 0.5) is 0 Å². The Morgan fingerprint density at radius 2 is 0.577 bits per heavy atom. The van der Waals surface area contributed by atoms with Crippen LogP contribution in [0.2, 0.25) is 0 Å². The van der Waals surface area contributed by atoms with Crippen LogP contribution in [0.3, 0.4) is 0 Å². The maximum atomic E-state index is 6.42. The predicted octanol–water partition coefficient (Wildman–Crippen LogP) is 32.4. The first kappa shape index (κ1) is 71.9. The van der Waals surface area contributed by atoms with Gasteiger partial charge < -0.3 is 13.6 Å². The molecule has 3 aliphatic carbocycles. The second-order valence-corrected chi connectivity index (χ2v) is 34.4. The second kappa shape index (κ2) is 28.0. The molecular formula is C122H71N7O. The summed E-state index contributed by atoms with van der Waals surface area (Å²) in [5, 5.41) is 22.3. The number of benzene rings is 21. The number of para-hydroxylation sites is 3. The molecule has 21 aromatic carbocycles. The molecule has 0 amide bonds. The largest absolute Gasteiger partial charge is 0.455 e. The highest BCUT2D eigenvalue weighted by atomic mass is 16.3. The maximum Gasteiger partial charge on any atom is 0.235 e. The highest BCUT2D eigenvalue weighted by Crippen LogP contribution is 2.55. The van der Waals surface area contributed by atoms with Crippen molar-refractivity contribution in [3.05, 3.63) is 431 Å². The van der Waals surface area contributed by atoms with Crippen LogP contribution < -0.4 is 0 Å². The number of hydrogen-bond donors (Lipinski definition) is 0. The number of rotatable bonds is 7. The summed E-state index contributed by atoms with van der Waals surface area (Å²) in [5.74, 6) is 1.42. The lowest BCUT2D eigenvalue weighted by atomic mass is 9.93. The van der Waals surface area contributed by atoms with Gasteiger partial charge in [0.25, 0.3) is 0 Å². The maximum absolute atomic E-state index is 6.42. The van der Waals surface area contributed by atoms with Gasteiger partial charge in [-0.05, 0) is 200 Å². The molecule has 8 heteroatoms. The van der Waals surface area contributed by atoms with E-state index < -0.39 is 0 Å². The number of fused-ring (bicyclic) bond motifs is 15. The quantitative estimate of drug-likeness (QED) is 0.159. The zero-order valence-electron chi connectivity index (χ0n) is 70.0. The van der Waals surface area contributed by atoms with Gasteiger partial charge in [0.05, 0.1) is 55.5 Å². The Labute approximate surface area is 745 Å². The third-order valence-electron chi connectivity index (χ3n) is 27.6. The minimum absolute atomic E-state index is 0.685. The van der Waals surface area contributed by atoms with Gasteiger partial charge in [0.15, 0.2) is 5.82 Å². The molecule has 27 aromatic rings. The van der Waals surface area contributed by atoms with Gasteiger partial charge >= 0.3 is 0 Å². The number of aromatic nitrogens is 7. The molecule has 8 nitrogen and oxygen atoms in total. The summed E-state index contributed by atoms with van der Waals surface area (Å²) in [5.41, 5.74) is 35.7. The van der Waals surface area contributed by atoms with Crippen LogP contribution in [0.25, 0.3) is 281 Å². The molecule has 6 aromatic heterocycles. The Kier molecular flexibility index (Phi) is 15.5. The van der Waals surface area contributed by atoms with Crippen molar-refractivity contribution < 1.29 is 4.42 Å². The van der Waals surface area contributed by atoms with Crippen molar-refractivity contribution in [3.63, 3.8) is 0 Å². The van der Waals surface area contributed by atoms with Crippen LogP contribution >= 0.6 is 0 Å². The smallest absolute Gasteiger partial charge is 0.235 e. The first-order valence-corrected chi connectivity index (χ1v) is 44.5. The van der Waals surface area contributed by atoms with E-state index in [0.29, 0.717) is 5.95 Å². The van der Waals surface area contributed by atoms with E-state index in [-0.39, 0.29) is 0 Å². The van der Waals surface area contributed by atoms with Crippen LogP contribution in [0, 0.1) is 0 Å². The van der Waals surface area contributed by atoms with Crippen LogP contribution in [-0.4, -0.2) is 33.6 Å². The molecule has 0 spiro atoms. The fourth-order valence-corrected chi connectivity index (χ4v) is 22.1. The van der Waals surface area contributed by atoms with E-state index >= 15 is 0 Å². The summed E-state index contributed by atoms with van der Waals surface area (Å²) >= 11 is 0.